The van der Waals surface area contributed by atoms with Gasteiger partial charge in [0, 0.05) is 31.8 Å². The molecule has 2 aliphatic heterocycles. The van der Waals surface area contributed by atoms with Crippen LogP contribution in [0.3, 0.4) is 0 Å². The second-order valence-corrected chi connectivity index (χ2v) is 9.36. The van der Waals surface area contributed by atoms with E-state index in [4.69, 9.17) is 4.74 Å². The van der Waals surface area contributed by atoms with Crippen LogP contribution >= 0.6 is 0 Å². The monoisotopic (exact) mass is 420 g/mol. The van der Waals surface area contributed by atoms with Gasteiger partial charge in [0.25, 0.3) is 5.91 Å². The van der Waals surface area contributed by atoms with Gasteiger partial charge in [0.2, 0.25) is 0 Å². The second kappa shape index (κ2) is 10.4. The van der Waals surface area contributed by atoms with Crippen molar-refractivity contribution in [1.82, 2.24) is 9.80 Å². The summed E-state index contributed by atoms with van der Waals surface area (Å²) in [7, 11) is 0. The molecular formula is C27H36N2O2. The van der Waals surface area contributed by atoms with E-state index in [9.17, 15) is 4.79 Å². The van der Waals surface area contributed by atoms with Crippen molar-refractivity contribution < 1.29 is 9.53 Å². The molecule has 166 valence electrons. The predicted molar refractivity (Wildman–Crippen MR) is 125 cm³/mol. The van der Waals surface area contributed by atoms with Gasteiger partial charge in [-0.2, -0.15) is 0 Å². The molecule has 2 aromatic carbocycles. The van der Waals surface area contributed by atoms with Crippen molar-refractivity contribution in [3.05, 3.63) is 70.8 Å². The molecule has 0 N–H and O–H groups in total. The van der Waals surface area contributed by atoms with Gasteiger partial charge in [-0.25, -0.2) is 0 Å². The minimum Gasteiger partial charge on any atom is -0.376 e. The number of carbonyl (C=O) groups excluding carboxylic acids is 1. The van der Waals surface area contributed by atoms with Crippen molar-refractivity contribution in [2.24, 2.45) is 5.92 Å². The zero-order valence-corrected chi connectivity index (χ0v) is 19.1. The Bertz CT molecular complexity index is 867. The van der Waals surface area contributed by atoms with Gasteiger partial charge in [-0.3, -0.25) is 9.69 Å². The molecule has 0 radical (unpaired) electrons. The molecular weight excluding hydrogens is 384 g/mol. The molecule has 4 nitrogen and oxygen atoms in total. The van der Waals surface area contributed by atoms with Crippen LogP contribution in [-0.2, 0) is 11.3 Å². The lowest BCUT2D eigenvalue weighted by atomic mass is 9.95. The Labute approximate surface area is 187 Å². The quantitative estimate of drug-likeness (QED) is 0.643. The third-order valence-corrected chi connectivity index (χ3v) is 6.84. The first-order valence-corrected chi connectivity index (χ1v) is 11.8. The van der Waals surface area contributed by atoms with Crippen LogP contribution in [0.15, 0.2) is 48.5 Å². The molecule has 0 bridgehead atoms. The molecule has 0 saturated carbocycles. The van der Waals surface area contributed by atoms with Crippen molar-refractivity contribution in [2.45, 2.75) is 52.2 Å². The lowest BCUT2D eigenvalue weighted by molar-refractivity contribution is 0.0444. The normalized spacial score (nSPS) is 20.1. The van der Waals surface area contributed by atoms with Crippen molar-refractivity contribution in [2.75, 3.05) is 32.8 Å². The van der Waals surface area contributed by atoms with Crippen molar-refractivity contribution in [3.63, 3.8) is 0 Å². The van der Waals surface area contributed by atoms with E-state index in [-0.39, 0.29) is 12.0 Å². The largest absolute Gasteiger partial charge is 0.376 e. The third kappa shape index (κ3) is 5.96. The third-order valence-electron chi connectivity index (χ3n) is 6.84. The van der Waals surface area contributed by atoms with E-state index in [2.05, 4.69) is 41.0 Å². The van der Waals surface area contributed by atoms with Crippen LogP contribution in [0.5, 0.6) is 0 Å². The molecule has 2 heterocycles. The molecule has 0 spiro atoms. The lowest BCUT2D eigenvalue weighted by Crippen LogP contribution is -2.43. The molecule has 31 heavy (non-hydrogen) atoms. The number of nitrogens with zero attached hydrogens (tertiary/aromatic N) is 2. The number of piperidine rings is 1. The maximum absolute atomic E-state index is 13.4. The number of ether oxygens (including phenoxy) is 1. The van der Waals surface area contributed by atoms with Crippen LogP contribution in [0.4, 0.5) is 0 Å². The van der Waals surface area contributed by atoms with E-state index in [0.29, 0.717) is 5.92 Å². The Morgan fingerprint density at radius 1 is 1.03 bits per heavy atom. The van der Waals surface area contributed by atoms with Gasteiger partial charge in [0.15, 0.2) is 0 Å². The molecule has 4 heteroatoms. The van der Waals surface area contributed by atoms with Crippen molar-refractivity contribution >= 4 is 5.91 Å². The Kier molecular flexibility index (Phi) is 7.41. The number of benzene rings is 2. The highest BCUT2D eigenvalue weighted by Crippen LogP contribution is 2.23. The number of aryl methyl sites for hydroxylation is 2. The van der Waals surface area contributed by atoms with Gasteiger partial charge in [0.05, 0.1) is 6.10 Å². The van der Waals surface area contributed by atoms with Gasteiger partial charge in [-0.15, -0.1) is 0 Å². The Morgan fingerprint density at radius 2 is 1.84 bits per heavy atom. The van der Waals surface area contributed by atoms with Crippen LogP contribution < -0.4 is 0 Å². The highest BCUT2D eigenvalue weighted by atomic mass is 16.5. The maximum Gasteiger partial charge on any atom is 0.253 e. The molecule has 1 atom stereocenters. The molecule has 2 aromatic rings. The standard InChI is InChI=1S/C27H36N2O2/c1-21-7-5-10-24(17-21)27(30)29(20-26-11-6-16-31-26)18-23-12-14-28(15-13-23)19-25-9-4-3-8-22(25)2/h3-5,7-10,17,23,26H,6,11-16,18-20H2,1-2H3/t26-/m0/s1. The number of amides is 1. The topological polar surface area (TPSA) is 32.8 Å². The summed E-state index contributed by atoms with van der Waals surface area (Å²) < 4.78 is 5.87. The molecule has 2 saturated heterocycles. The summed E-state index contributed by atoms with van der Waals surface area (Å²) in [6.07, 6.45) is 4.65. The van der Waals surface area contributed by atoms with Crippen LogP contribution in [0.1, 0.15) is 52.7 Å². The second-order valence-electron chi connectivity index (χ2n) is 9.36. The van der Waals surface area contributed by atoms with Gasteiger partial charge in [-0.05, 0) is 81.8 Å². The minimum absolute atomic E-state index is 0.154. The smallest absolute Gasteiger partial charge is 0.253 e. The minimum atomic E-state index is 0.154. The zero-order chi connectivity index (χ0) is 21.6. The van der Waals surface area contributed by atoms with Crippen LogP contribution in [-0.4, -0.2) is 54.6 Å². The van der Waals surface area contributed by atoms with Gasteiger partial charge < -0.3 is 9.64 Å². The summed E-state index contributed by atoms with van der Waals surface area (Å²) in [6.45, 7) is 9.86. The van der Waals surface area contributed by atoms with Gasteiger partial charge in [-0.1, -0.05) is 42.0 Å². The Balaban J connectivity index is 1.36. The average molecular weight is 421 g/mol. The lowest BCUT2D eigenvalue weighted by Gasteiger charge is -2.36. The van der Waals surface area contributed by atoms with Crippen LogP contribution in [0.25, 0.3) is 0 Å². The van der Waals surface area contributed by atoms with Gasteiger partial charge >= 0.3 is 0 Å². The summed E-state index contributed by atoms with van der Waals surface area (Å²) in [4.78, 5) is 18.0. The highest BCUT2D eigenvalue weighted by molar-refractivity contribution is 5.94. The average Bonchev–Trinajstić information content (AvgIpc) is 3.29. The molecule has 1 amide bonds. The fourth-order valence-electron chi connectivity index (χ4n) is 4.90. The summed E-state index contributed by atoms with van der Waals surface area (Å²) in [5.74, 6) is 0.713. The van der Waals surface area contributed by atoms with Crippen molar-refractivity contribution in [1.29, 1.82) is 0 Å². The fraction of sp³-hybridized carbons (Fsp3) is 0.519. The van der Waals surface area contributed by atoms with E-state index in [1.54, 1.807) is 0 Å². The van der Waals surface area contributed by atoms with Crippen molar-refractivity contribution in [3.8, 4) is 0 Å². The number of hydrogen-bond donors (Lipinski definition) is 0. The predicted octanol–water partition coefficient (Wildman–Crippen LogP) is 4.84. The van der Waals surface area contributed by atoms with E-state index in [1.807, 2.05) is 31.2 Å². The number of carbonyl (C=O) groups is 1. The molecule has 2 fully saturated rings. The van der Waals surface area contributed by atoms with E-state index < -0.39 is 0 Å². The SMILES string of the molecule is Cc1cccc(C(=O)N(CC2CCN(Cc3ccccc3C)CC2)C[C@@H]2CCCO2)c1. The van der Waals surface area contributed by atoms with E-state index in [0.717, 1.165) is 76.1 Å². The molecule has 0 unspecified atom stereocenters. The summed E-state index contributed by atoms with van der Waals surface area (Å²) in [6, 6.07) is 16.7. The van der Waals surface area contributed by atoms with Gasteiger partial charge in [0.1, 0.15) is 0 Å². The number of hydrogen-bond acceptors (Lipinski definition) is 3. The first-order chi connectivity index (χ1) is 15.1. The summed E-state index contributed by atoms with van der Waals surface area (Å²) in [5, 5.41) is 0. The Morgan fingerprint density at radius 3 is 2.55 bits per heavy atom. The number of likely N-dealkylation sites (tertiary alicyclic amines) is 1. The first-order valence-electron chi connectivity index (χ1n) is 11.8. The van der Waals surface area contributed by atoms with E-state index in [1.165, 1.54) is 11.1 Å². The molecule has 2 aliphatic rings. The summed E-state index contributed by atoms with van der Waals surface area (Å²) >= 11 is 0. The highest BCUT2D eigenvalue weighted by Gasteiger charge is 2.28. The first kappa shape index (κ1) is 22.0. The molecule has 0 aliphatic carbocycles. The Hall–Kier alpha value is -2.17. The molecule has 0 aromatic heterocycles. The maximum atomic E-state index is 13.4. The number of rotatable bonds is 7. The zero-order valence-electron chi connectivity index (χ0n) is 19.1. The van der Waals surface area contributed by atoms with E-state index >= 15 is 0 Å². The van der Waals surface area contributed by atoms with Crippen LogP contribution in [0.2, 0.25) is 0 Å². The summed E-state index contributed by atoms with van der Waals surface area (Å²) in [5.41, 5.74) is 4.73. The van der Waals surface area contributed by atoms with Crippen LogP contribution in [0, 0.1) is 19.8 Å². The molecule has 4 rings (SSSR count). The fourth-order valence-corrected chi connectivity index (χ4v) is 4.90.